The van der Waals surface area contributed by atoms with E-state index >= 15 is 0 Å². The number of fused-ring (bicyclic) bond motifs is 1. The summed E-state index contributed by atoms with van der Waals surface area (Å²) in [6.45, 7) is 0. The van der Waals surface area contributed by atoms with Crippen molar-refractivity contribution in [3.05, 3.63) is 117 Å². The van der Waals surface area contributed by atoms with E-state index in [4.69, 9.17) is 9.84 Å². The summed E-state index contributed by atoms with van der Waals surface area (Å²) in [5.74, 6) is 0.471. The number of hydrogen-bond acceptors (Lipinski definition) is 7. The molecular weight excluding hydrogens is 498 g/mol. The van der Waals surface area contributed by atoms with Crippen molar-refractivity contribution < 1.29 is 9.84 Å². The minimum absolute atomic E-state index is 0.246. The lowest BCUT2D eigenvalue weighted by Crippen LogP contribution is -2.23. The van der Waals surface area contributed by atoms with Gasteiger partial charge in [-0.1, -0.05) is 77.8 Å². The summed E-state index contributed by atoms with van der Waals surface area (Å²) in [4.78, 5) is 18.2. The molecule has 3 aromatic heterocycles. The van der Waals surface area contributed by atoms with Crippen molar-refractivity contribution >= 4 is 34.5 Å². The molecule has 6 rings (SSSR count). The van der Waals surface area contributed by atoms with Gasteiger partial charge in [-0.2, -0.15) is 14.6 Å². The Hall–Kier alpha value is -5.02. The lowest BCUT2D eigenvalue weighted by Gasteiger charge is -2.13. The van der Waals surface area contributed by atoms with Gasteiger partial charge < -0.3 is 9.84 Å². The molecule has 0 spiro atoms. The number of rotatable bonds is 6. The summed E-state index contributed by atoms with van der Waals surface area (Å²) < 4.78 is 8.62. The van der Waals surface area contributed by atoms with E-state index in [1.54, 1.807) is 29.0 Å². The van der Waals surface area contributed by atoms with Gasteiger partial charge in [0.25, 0.3) is 5.56 Å². The number of aromatic nitrogens is 5. The molecule has 0 fully saturated rings. The highest BCUT2D eigenvalue weighted by Crippen LogP contribution is 2.31. The van der Waals surface area contributed by atoms with Crippen LogP contribution in [-0.4, -0.2) is 31.5 Å². The third-order valence-electron chi connectivity index (χ3n) is 5.91. The predicted molar refractivity (Wildman–Crippen MR) is 146 cm³/mol. The molecule has 0 aliphatic heterocycles. The van der Waals surface area contributed by atoms with E-state index < -0.39 is 0 Å². The molecule has 0 saturated carbocycles. The Balaban J connectivity index is 1.43. The number of benzene rings is 3. The second-order valence-electron chi connectivity index (χ2n) is 8.40. The van der Waals surface area contributed by atoms with Crippen LogP contribution in [0.25, 0.3) is 40.1 Å². The topological polar surface area (TPSA) is 97.4 Å². The molecule has 0 aliphatic carbocycles. The van der Waals surface area contributed by atoms with Gasteiger partial charge in [0.15, 0.2) is 5.82 Å². The Labute approximate surface area is 221 Å². The predicted octanol–water partition coefficient (Wildman–Crippen LogP) is 3.80. The smallest absolute Gasteiger partial charge is 0.291 e. The van der Waals surface area contributed by atoms with Crippen LogP contribution in [0.4, 0.5) is 0 Å². The minimum Gasteiger partial charge on any atom is -0.870 e. The van der Waals surface area contributed by atoms with Crippen molar-refractivity contribution in [3.63, 3.8) is 0 Å². The fourth-order valence-corrected chi connectivity index (χ4v) is 4.96. The highest BCUT2D eigenvalue weighted by atomic mass is 32.1. The van der Waals surface area contributed by atoms with Gasteiger partial charge in [0, 0.05) is 17.3 Å². The standard InChI is InChI=1S/C29H21N5O3S/c1-37-24-14-13-20(16-23(24)35)27-21(18-33(32-27)22-10-6-3-7-11-22)17-25-28(36)34-29(38-25)30-26(31-34)15-12-19-8-4-2-5-9-19/h2-18,35H,1H3/p-1/b15-12+,25-17-. The second-order valence-corrected chi connectivity index (χ2v) is 9.41. The first-order valence-electron chi connectivity index (χ1n) is 11.7. The van der Waals surface area contributed by atoms with Gasteiger partial charge in [-0.05, 0) is 42.0 Å². The van der Waals surface area contributed by atoms with Crippen molar-refractivity contribution in [2.45, 2.75) is 0 Å². The molecule has 0 atom stereocenters. The third kappa shape index (κ3) is 4.46. The van der Waals surface area contributed by atoms with Gasteiger partial charge in [-0.25, -0.2) is 4.68 Å². The summed E-state index contributed by atoms with van der Waals surface area (Å²) in [5.41, 5.74) is 3.48. The molecule has 0 bridgehead atoms. The number of para-hydroxylation sites is 1. The average molecular weight is 519 g/mol. The molecule has 0 amide bonds. The number of nitrogens with zero attached hydrogens (tertiary/aromatic N) is 5. The average Bonchev–Trinajstić information content (AvgIpc) is 3.63. The molecule has 0 saturated heterocycles. The number of thiazole rings is 1. The van der Waals surface area contributed by atoms with E-state index in [9.17, 15) is 9.90 Å². The molecule has 3 heterocycles. The molecule has 186 valence electrons. The first-order valence-corrected chi connectivity index (χ1v) is 12.6. The molecule has 0 radical (unpaired) electrons. The van der Waals surface area contributed by atoms with Crippen LogP contribution >= 0.6 is 11.3 Å². The van der Waals surface area contributed by atoms with Crippen LogP contribution < -0.4 is 19.9 Å². The Morgan fingerprint density at radius 1 is 0.947 bits per heavy atom. The lowest BCUT2D eigenvalue weighted by atomic mass is 10.1. The molecule has 3 aromatic carbocycles. The molecule has 8 nitrogen and oxygen atoms in total. The SMILES string of the molecule is COc1ccc(-c2nn(-c3ccccc3)cc2/C=c2\sc3nc(/C=C/c4ccccc4)nn3c2=O)cc1[O-]. The molecule has 6 aromatic rings. The van der Waals surface area contributed by atoms with E-state index in [2.05, 4.69) is 10.1 Å². The molecule has 0 aliphatic rings. The van der Waals surface area contributed by atoms with Crippen molar-refractivity contribution in [2.24, 2.45) is 0 Å². The van der Waals surface area contributed by atoms with Crippen LogP contribution in [0, 0.1) is 0 Å². The zero-order valence-corrected chi connectivity index (χ0v) is 21.0. The molecular formula is C29H20N5O3S-. The van der Waals surface area contributed by atoms with E-state index in [-0.39, 0.29) is 17.1 Å². The summed E-state index contributed by atoms with van der Waals surface area (Å²) in [6, 6.07) is 24.3. The van der Waals surface area contributed by atoms with Crippen molar-refractivity contribution in [2.75, 3.05) is 7.11 Å². The zero-order chi connectivity index (χ0) is 26.1. The Bertz CT molecular complexity index is 1890. The van der Waals surface area contributed by atoms with Crippen LogP contribution in [0.15, 0.2) is 89.9 Å². The van der Waals surface area contributed by atoms with Gasteiger partial charge in [0.1, 0.15) is 5.75 Å². The van der Waals surface area contributed by atoms with Gasteiger partial charge in [-0.15, -0.1) is 5.10 Å². The van der Waals surface area contributed by atoms with Crippen LogP contribution in [0.5, 0.6) is 11.5 Å². The number of methoxy groups -OCH3 is 1. The van der Waals surface area contributed by atoms with Crippen molar-refractivity contribution in [1.82, 2.24) is 24.4 Å². The minimum atomic E-state index is -0.269. The number of hydrogen-bond donors (Lipinski definition) is 0. The first kappa shape index (κ1) is 23.4. The third-order valence-corrected chi connectivity index (χ3v) is 6.87. The normalized spacial score (nSPS) is 12.1. The maximum atomic E-state index is 13.2. The fourth-order valence-electron chi connectivity index (χ4n) is 4.05. The maximum Gasteiger partial charge on any atom is 0.291 e. The van der Waals surface area contributed by atoms with Crippen LogP contribution in [0.3, 0.4) is 0 Å². The van der Waals surface area contributed by atoms with Crippen LogP contribution in [0.1, 0.15) is 17.0 Å². The molecule has 38 heavy (non-hydrogen) atoms. The summed E-state index contributed by atoms with van der Waals surface area (Å²) >= 11 is 1.25. The van der Waals surface area contributed by atoms with E-state index in [0.29, 0.717) is 32.1 Å². The highest BCUT2D eigenvalue weighted by Gasteiger charge is 2.14. The quantitative estimate of drug-likeness (QED) is 0.333. The van der Waals surface area contributed by atoms with Crippen molar-refractivity contribution in [1.29, 1.82) is 0 Å². The van der Waals surface area contributed by atoms with Crippen LogP contribution in [-0.2, 0) is 0 Å². The molecule has 0 N–H and O–H groups in total. The zero-order valence-electron chi connectivity index (χ0n) is 20.2. The summed E-state index contributed by atoms with van der Waals surface area (Å²) in [7, 11) is 1.46. The highest BCUT2D eigenvalue weighted by molar-refractivity contribution is 7.15. The lowest BCUT2D eigenvalue weighted by molar-refractivity contribution is -0.270. The Morgan fingerprint density at radius 3 is 2.42 bits per heavy atom. The molecule has 0 unspecified atom stereocenters. The van der Waals surface area contributed by atoms with E-state index in [1.165, 1.54) is 29.0 Å². The summed E-state index contributed by atoms with van der Waals surface area (Å²) in [6.07, 6.45) is 7.28. The van der Waals surface area contributed by atoms with Gasteiger partial charge in [-0.3, -0.25) is 4.79 Å². The van der Waals surface area contributed by atoms with Gasteiger partial charge in [0.2, 0.25) is 4.96 Å². The monoisotopic (exact) mass is 518 g/mol. The first-order chi connectivity index (χ1) is 18.6. The second kappa shape index (κ2) is 9.79. The Morgan fingerprint density at radius 2 is 1.71 bits per heavy atom. The maximum absolute atomic E-state index is 13.2. The van der Waals surface area contributed by atoms with E-state index in [0.717, 1.165) is 11.3 Å². The fraction of sp³-hybridized carbons (Fsp3) is 0.0345. The largest absolute Gasteiger partial charge is 0.870 e. The molecule has 9 heteroatoms. The van der Waals surface area contributed by atoms with Gasteiger partial charge in [0.05, 0.1) is 23.0 Å². The van der Waals surface area contributed by atoms with E-state index in [1.807, 2.05) is 72.9 Å². The van der Waals surface area contributed by atoms with Crippen LogP contribution in [0.2, 0.25) is 0 Å². The summed E-state index contributed by atoms with van der Waals surface area (Å²) in [5, 5.41) is 21.6. The van der Waals surface area contributed by atoms with Gasteiger partial charge >= 0.3 is 0 Å². The number of ether oxygens (including phenoxy) is 1. The Kier molecular flexibility index (Phi) is 6.03. The van der Waals surface area contributed by atoms with Crippen molar-refractivity contribution in [3.8, 4) is 28.4 Å².